The predicted molar refractivity (Wildman–Crippen MR) is 75.8 cm³/mol. The molecule has 0 saturated carbocycles. The first-order chi connectivity index (χ1) is 9.13. The minimum atomic E-state index is 0.132. The van der Waals surface area contributed by atoms with Gasteiger partial charge < -0.3 is 14.8 Å². The monoisotopic (exact) mass is 260 g/mol. The first-order valence-electron chi connectivity index (χ1n) is 6.41. The first-order valence-corrected chi connectivity index (χ1v) is 6.41. The van der Waals surface area contributed by atoms with Gasteiger partial charge in [-0.2, -0.15) is 0 Å². The van der Waals surface area contributed by atoms with Gasteiger partial charge in [0.1, 0.15) is 5.65 Å². The fraction of sp³-hybridized carbons (Fsp3) is 0.429. The van der Waals surface area contributed by atoms with Crippen molar-refractivity contribution < 1.29 is 4.79 Å². The Balaban J connectivity index is 2.25. The van der Waals surface area contributed by atoms with Gasteiger partial charge in [-0.3, -0.25) is 4.79 Å². The lowest BCUT2D eigenvalue weighted by atomic mass is 10.2. The van der Waals surface area contributed by atoms with Gasteiger partial charge in [-0.05, 0) is 24.7 Å². The second-order valence-corrected chi connectivity index (χ2v) is 4.79. The molecule has 2 aromatic rings. The van der Waals surface area contributed by atoms with Crippen molar-refractivity contribution in [1.82, 2.24) is 19.8 Å². The van der Waals surface area contributed by atoms with Crippen LogP contribution in [0.4, 0.5) is 0 Å². The van der Waals surface area contributed by atoms with Crippen molar-refractivity contribution in [2.45, 2.75) is 19.5 Å². The number of fused-ring (bicyclic) bond motifs is 1. The summed E-state index contributed by atoms with van der Waals surface area (Å²) in [5.41, 5.74) is 2.15. The Kier molecular flexibility index (Phi) is 4.16. The maximum absolute atomic E-state index is 11.7. The molecule has 0 radical (unpaired) electrons. The van der Waals surface area contributed by atoms with Gasteiger partial charge in [0.05, 0.1) is 0 Å². The molecule has 5 nitrogen and oxygen atoms in total. The zero-order valence-corrected chi connectivity index (χ0v) is 11.7. The average molecular weight is 260 g/mol. The summed E-state index contributed by atoms with van der Waals surface area (Å²) < 4.78 is 2.06. The van der Waals surface area contributed by atoms with E-state index in [-0.39, 0.29) is 5.91 Å². The van der Waals surface area contributed by atoms with E-state index >= 15 is 0 Å². The zero-order chi connectivity index (χ0) is 13.8. The molecule has 2 aromatic heterocycles. The standard InChI is InChI=1S/C14H20N4O/c1-15-9-11-10-18(8-6-13(19)17(2)3)14-12(11)5-4-7-16-14/h4-5,7,10,15H,6,8-9H2,1-3H3. The van der Waals surface area contributed by atoms with Crippen LogP contribution in [0.15, 0.2) is 24.5 Å². The van der Waals surface area contributed by atoms with Crippen molar-refractivity contribution in [1.29, 1.82) is 0 Å². The molecule has 2 rings (SSSR count). The van der Waals surface area contributed by atoms with E-state index in [9.17, 15) is 4.79 Å². The summed E-state index contributed by atoms with van der Waals surface area (Å²) in [6.07, 6.45) is 4.36. The van der Waals surface area contributed by atoms with E-state index in [4.69, 9.17) is 0 Å². The fourth-order valence-electron chi connectivity index (χ4n) is 2.14. The lowest BCUT2D eigenvalue weighted by molar-refractivity contribution is -0.128. The molecule has 1 amide bonds. The molecule has 0 aliphatic rings. The van der Waals surface area contributed by atoms with E-state index in [1.165, 1.54) is 5.56 Å². The SMILES string of the molecule is CNCc1cn(CCC(=O)N(C)C)c2ncccc12. The average Bonchev–Trinajstić information content (AvgIpc) is 2.75. The molecule has 0 aliphatic carbocycles. The molecule has 0 spiro atoms. The number of rotatable bonds is 5. The Morgan fingerprint density at radius 1 is 1.47 bits per heavy atom. The molecule has 2 heterocycles. The van der Waals surface area contributed by atoms with Gasteiger partial charge in [0.2, 0.25) is 5.91 Å². The number of carbonyl (C=O) groups excluding carboxylic acids is 1. The summed E-state index contributed by atoms with van der Waals surface area (Å²) in [5, 5.41) is 4.30. The molecule has 0 atom stereocenters. The van der Waals surface area contributed by atoms with Crippen molar-refractivity contribution in [2.75, 3.05) is 21.1 Å². The number of amides is 1. The van der Waals surface area contributed by atoms with E-state index in [2.05, 4.69) is 27.1 Å². The van der Waals surface area contributed by atoms with Gasteiger partial charge in [-0.1, -0.05) is 0 Å². The van der Waals surface area contributed by atoms with E-state index in [1.54, 1.807) is 25.2 Å². The molecule has 102 valence electrons. The summed E-state index contributed by atoms with van der Waals surface area (Å²) in [7, 11) is 5.48. The van der Waals surface area contributed by atoms with Crippen LogP contribution in [-0.4, -0.2) is 41.5 Å². The van der Waals surface area contributed by atoms with Gasteiger partial charge >= 0.3 is 0 Å². The Hall–Kier alpha value is -1.88. The predicted octanol–water partition coefficient (Wildman–Crippen LogP) is 1.23. The highest BCUT2D eigenvalue weighted by Gasteiger charge is 2.10. The summed E-state index contributed by atoms with van der Waals surface area (Å²) in [5.74, 6) is 0.132. The smallest absolute Gasteiger partial charge is 0.223 e. The minimum Gasteiger partial charge on any atom is -0.349 e. The molecule has 1 N–H and O–H groups in total. The Labute approximate surface area is 113 Å². The van der Waals surface area contributed by atoms with Crippen molar-refractivity contribution in [3.05, 3.63) is 30.1 Å². The fourth-order valence-corrected chi connectivity index (χ4v) is 2.14. The Bertz CT molecular complexity index is 574. The summed E-state index contributed by atoms with van der Waals surface area (Å²) in [4.78, 5) is 17.7. The molecular weight excluding hydrogens is 240 g/mol. The molecule has 0 fully saturated rings. The second kappa shape index (κ2) is 5.84. The number of aromatic nitrogens is 2. The molecule has 5 heteroatoms. The normalized spacial score (nSPS) is 10.9. The maximum atomic E-state index is 11.7. The van der Waals surface area contributed by atoms with Crippen LogP contribution >= 0.6 is 0 Å². The van der Waals surface area contributed by atoms with Crippen LogP contribution in [-0.2, 0) is 17.9 Å². The third-order valence-corrected chi connectivity index (χ3v) is 3.15. The van der Waals surface area contributed by atoms with Crippen LogP contribution in [0, 0.1) is 0 Å². The number of nitrogens with zero attached hydrogens (tertiary/aromatic N) is 3. The largest absolute Gasteiger partial charge is 0.349 e. The molecule has 0 saturated heterocycles. The van der Waals surface area contributed by atoms with Gasteiger partial charge in [0.25, 0.3) is 0 Å². The summed E-state index contributed by atoms with van der Waals surface area (Å²) >= 11 is 0. The van der Waals surface area contributed by atoms with E-state index in [0.717, 1.165) is 17.6 Å². The number of aryl methyl sites for hydroxylation is 1. The van der Waals surface area contributed by atoms with Crippen LogP contribution in [0.1, 0.15) is 12.0 Å². The Morgan fingerprint density at radius 2 is 2.26 bits per heavy atom. The van der Waals surface area contributed by atoms with Gasteiger partial charge in [-0.15, -0.1) is 0 Å². The van der Waals surface area contributed by atoms with Gasteiger partial charge in [0, 0.05) is 51.4 Å². The van der Waals surface area contributed by atoms with Crippen LogP contribution in [0.25, 0.3) is 11.0 Å². The molecule has 0 aliphatic heterocycles. The summed E-state index contributed by atoms with van der Waals surface area (Å²) in [6, 6.07) is 4.01. The third kappa shape index (κ3) is 2.93. The zero-order valence-electron chi connectivity index (χ0n) is 11.7. The lowest BCUT2D eigenvalue weighted by Gasteiger charge is -2.10. The van der Waals surface area contributed by atoms with Gasteiger partial charge in [0.15, 0.2) is 0 Å². The highest BCUT2D eigenvalue weighted by atomic mass is 16.2. The van der Waals surface area contributed by atoms with Gasteiger partial charge in [-0.25, -0.2) is 4.98 Å². The number of pyridine rings is 1. The van der Waals surface area contributed by atoms with E-state index < -0.39 is 0 Å². The third-order valence-electron chi connectivity index (χ3n) is 3.15. The van der Waals surface area contributed by atoms with Crippen LogP contribution in [0.2, 0.25) is 0 Å². The van der Waals surface area contributed by atoms with Crippen molar-refractivity contribution in [3.8, 4) is 0 Å². The highest BCUT2D eigenvalue weighted by Crippen LogP contribution is 2.19. The maximum Gasteiger partial charge on any atom is 0.223 e. The van der Waals surface area contributed by atoms with Crippen molar-refractivity contribution in [2.24, 2.45) is 0 Å². The molecule has 0 bridgehead atoms. The minimum absolute atomic E-state index is 0.132. The van der Waals surface area contributed by atoms with Crippen molar-refractivity contribution >= 4 is 16.9 Å². The summed E-state index contributed by atoms with van der Waals surface area (Å²) in [6.45, 7) is 1.46. The lowest BCUT2D eigenvalue weighted by Crippen LogP contribution is -2.22. The highest BCUT2D eigenvalue weighted by molar-refractivity contribution is 5.81. The van der Waals surface area contributed by atoms with Crippen LogP contribution < -0.4 is 5.32 Å². The molecule has 19 heavy (non-hydrogen) atoms. The number of hydrogen-bond acceptors (Lipinski definition) is 3. The number of carbonyl (C=O) groups is 1. The van der Waals surface area contributed by atoms with Crippen molar-refractivity contribution in [3.63, 3.8) is 0 Å². The van der Waals surface area contributed by atoms with Crippen LogP contribution in [0.3, 0.4) is 0 Å². The molecular formula is C14H20N4O. The topological polar surface area (TPSA) is 50.2 Å². The Morgan fingerprint density at radius 3 is 2.95 bits per heavy atom. The van der Waals surface area contributed by atoms with Crippen LogP contribution in [0.5, 0.6) is 0 Å². The second-order valence-electron chi connectivity index (χ2n) is 4.79. The van der Waals surface area contributed by atoms with E-state index in [0.29, 0.717) is 13.0 Å². The van der Waals surface area contributed by atoms with E-state index in [1.807, 2.05) is 13.1 Å². The number of nitrogens with one attached hydrogen (secondary N) is 1. The quantitative estimate of drug-likeness (QED) is 0.880. The number of hydrogen-bond donors (Lipinski definition) is 1. The molecule has 0 aromatic carbocycles. The first kappa shape index (κ1) is 13.5. The molecule has 0 unspecified atom stereocenters.